The number of aromatic nitrogens is 2. The fraction of sp³-hybridized carbons (Fsp3) is 0.636. The summed E-state index contributed by atoms with van der Waals surface area (Å²) in [7, 11) is 1.80. The van der Waals surface area contributed by atoms with E-state index in [0.717, 1.165) is 5.69 Å². The Hall–Kier alpha value is -1.36. The van der Waals surface area contributed by atoms with Crippen LogP contribution in [0.4, 0.5) is 0 Å². The van der Waals surface area contributed by atoms with Crippen LogP contribution in [0.25, 0.3) is 0 Å². The second-order valence-corrected chi connectivity index (χ2v) is 4.58. The number of hydrogen-bond donors (Lipinski definition) is 2. The molecule has 0 unspecified atom stereocenters. The van der Waals surface area contributed by atoms with E-state index in [4.69, 9.17) is 5.11 Å². The summed E-state index contributed by atoms with van der Waals surface area (Å²) in [6.07, 6.45) is 2.08. The highest BCUT2D eigenvalue weighted by atomic mass is 16.3. The SMILES string of the molecule is Cc1c(C(=O)NC(C)(C)CCO)cnn1C. The first-order valence-corrected chi connectivity index (χ1v) is 5.29. The minimum absolute atomic E-state index is 0.0549. The Labute approximate surface area is 95.5 Å². The van der Waals surface area contributed by atoms with Gasteiger partial charge in [0.15, 0.2) is 0 Å². The topological polar surface area (TPSA) is 67.2 Å². The Morgan fingerprint density at radius 1 is 1.62 bits per heavy atom. The van der Waals surface area contributed by atoms with Gasteiger partial charge in [-0.3, -0.25) is 9.48 Å². The standard InChI is InChI=1S/C11H19N3O2/c1-8-9(7-12-14(8)4)10(16)13-11(2,3)5-6-15/h7,15H,5-6H2,1-4H3,(H,13,16). The minimum Gasteiger partial charge on any atom is -0.396 e. The van der Waals surface area contributed by atoms with Crippen LogP contribution in [-0.2, 0) is 7.05 Å². The summed E-state index contributed by atoms with van der Waals surface area (Å²) in [5.74, 6) is -0.149. The third-order valence-electron chi connectivity index (χ3n) is 2.67. The van der Waals surface area contributed by atoms with Gasteiger partial charge in [0.25, 0.3) is 5.91 Å². The van der Waals surface area contributed by atoms with Crippen LogP contribution in [0.5, 0.6) is 0 Å². The average Bonchev–Trinajstić information content (AvgIpc) is 2.46. The quantitative estimate of drug-likeness (QED) is 0.789. The largest absolute Gasteiger partial charge is 0.396 e. The number of carbonyl (C=O) groups excluding carboxylic acids is 1. The monoisotopic (exact) mass is 225 g/mol. The smallest absolute Gasteiger partial charge is 0.255 e. The number of rotatable bonds is 4. The van der Waals surface area contributed by atoms with E-state index in [2.05, 4.69) is 10.4 Å². The molecule has 16 heavy (non-hydrogen) atoms. The second kappa shape index (κ2) is 4.65. The van der Waals surface area contributed by atoms with Gasteiger partial charge in [-0.15, -0.1) is 0 Å². The molecule has 0 bridgehead atoms. The van der Waals surface area contributed by atoms with Crippen molar-refractivity contribution >= 4 is 5.91 Å². The highest BCUT2D eigenvalue weighted by molar-refractivity contribution is 5.95. The number of hydrogen-bond acceptors (Lipinski definition) is 3. The Kier molecular flexibility index (Phi) is 3.70. The van der Waals surface area contributed by atoms with Crippen LogP contribution >= 0.6 is 0 Å². The van der Waals surface area contributed by atoms with Crippen LogP contribution < -0.4 is 5.32 Å². The molecule has 0 aliphatic carbocycles. The third-order valence-corrected chi connectivity index (χ3v) is 2.67. The van der Waals surface area contributed by atoms with Crippen molar-refractivity contribution in [3.63, 3.8) is 0 Å². The van der Waals surface area contributed by atoms with Gasteiger partial charge in [0.2, 0.25) is 0 Å². The third kappa shape index (κ3) is 2.82. The molecular weight excluding hydrogens is 206 g/mol. The van der Waals surface area contributed by atoms with Gasteiger partial charge in [-0.05, 0) is 27.2 Å². The molecule has 90 valence electrons. The predicted molar refractivity (Wildman–Crippen MR) is 61.2 cm³/mol. The molecular formula is C11H19N3O2. The lowest BCUT2D eigenvalue weighted by Crippen LogP contribution is -2.44. The van der Waals surface area contributed by atoms with E-state index >= 15 is 0 Å². The molecule has 5 heteroatoms. The number of carbonyl (C=O) groups is 1. The lowest BCUT2D eigenvalue weighted by atomic mass is 10.0. The van der Waals surface area contributed by atoms with Gasteiger partial charge in [0, 0.05) is 24.9 Å². The van der Waals surface area contributed by atoms with Crippen molar-refractivity contribution in [1.82, 2.24) is 15.1 Å². The molecule has 0 aliphatic rings. The first-order valence-electron chi connectivity index (χ1n) is 5.29. The predicted octanol–water partition coefficient (Wildman–Crippen LogP) is 0.619. The normalized spacial score (nSPS) is 11.6. The van der Waals surface area contributed by atoms with E-state index in [0.29, 0.717) is 12.0 Å². The van der Waals surface area contributed by atoms with Gasteiger partial charge in [-0.2, -0.15) is 5.10 Å². The van der Waals surface area contributed by atoms with Gasteiger partial charge >= 0.3 is 0 Å². The van der Waals surface area contributed by atoms with E-state index in [9.17, 15) is 4.79 Å². The molecule has 0 saturated carbocycles. The van der Waals surface area contributed by atoms with Crippen LogP contribution in [-0.4, -0.2) is 32.9 Å². The molecule has 1 rings (SSSR count). The molecule has 0 saturated heterocycles. The lowest BCUT2D eigenvalue weighted by molar-refractivity contribution is 0.0899. The number of nitrogens with one attached hydrogen (secondary N) is 1. The van der Waals surface area contributed by atoms with Gasteiger partial charge < -0.3 is 10.4 Å². The number of nitrogens with zero attached hydrogens (tertiary/aromatic N) is 2. The molecule has 1 aromatic heterocycles. The maximum atomic E-state index is 11.9. The molecule has 5 nitrogen and oxygen atoms in total. The van der Waals surface area contributed by atoms with Crippen LogP contribution in [0.15, 0.2) is 6.20 Å². The van der Waals surface area contributed by atoms with Gasteiger partial charge in [0.05, 0.1) is 11.8 Å². The Morgan fingerprint density at radius 2 is 2.25 bits per heavy atom. The van der Waals surface area contributed by atoms with Gasteiger partial charge in [-0.25, -0.2) is 0 Å². The van der Waals surface area contributed by atoms with Gasteiger partial charge in [0.1, 0.15) is 0 Å². The fourth-order valence-corrected chi connectivity index (χ4v) is 1.44. The zero-order chi connectivity index (χ0) is 12.3. The van der Waals surface area contributed by atoms with Crippen molar-refractivity contribution in [3.05, 3.63) is 17.5 Å². The number of aryl methyl sites for hydroxylation is 1. The molecule has 0 aliphatic heterocycles. The molecule has 1 heterocycles. The molecule has 0 radical (unpaired) electrons. The summed E-state index contributed by atoms with van der Waals surface area (Å²) in [6, 6.07) is 0. The van der Waals surface area contributed by atoms with E-state index in [1.54, 1.807) is 17.9 Å². The average molecular weight is 225 g/mol. The molecule has 1 amide bonds. The Morgan fingerprint density at radius 3 is 2.69 bits per heavy atom. The van der Waals surface area contributed by atoms with Crippen molar-refractivity contribution in [2.75, 3.05) is 6.61 Å². The van der Waals surface area contributed by atoms with E-state index < -0.39 is 5.54 Å². The van der Waals surface area contributed by atoms with Crippen molar-refractivity contribution < 1.29 is 9.90 Å². The molecule has 2 N–H and O–H groups in total. The zero-order valence-electron chi connectivity index (χ0n) is 10.2. The summed E-state index contributed by atoms with van der Waals surface area (Å²) in [5, 5.41) is 15.8. The van der Waals surface area contributed by atoms with Crippen LogP contribution in [0.1, 0.15) is 36.3 Å². The van der Waals surface area contributed by atoms with Crippen molar-refractivity contribution in [2.24, 2.45) is 7.05 Å². The molecule has 0 spiro atoms. The molecule has 1 aromatic rings. The highest BCUT2D eigenvalue weighted by Gasteiger charge is 2.22. The lowest BCUT2D eigenvalue weighted by Gasteiger charge is -2.25. The molecule has 0 aromatic carbocycles. The Balaban J connectivity index is 2.77. The summed E-state index contributed by atoms with van der Waals surface area (Å²) in [5.41, 5.74) is 1.000. The zero-order valence-corrected chi connectivity index (χ0v) is 10.2. The van der Waals surface area contributed by atoms with Crippen LogP contribution in [0.3, 0.4) is 0 Å². The number of aliphatic hydroxyl groups excluding tert-OH is 1. The van der Waals surface area contributed by atoms with E-state index in [1.165, 1.54) is 0 Å². The molecule has 0 fully saturated rings. The van der Waals surface area contributed by atoms with Gasteiger partial charge in [-0.1, -0.05) is 0 Å². The molecule has 0 atom stereocenters. The first-order chi connectivity index (χ1) is 7.37. The fourth-order valence-electron chi connectivity index (χ4n) is 1.44. The van der Waals surface area contributed by atoms with E-state index in [1.807, 2.05) is 20.8 Å². The van der Waals surface area contributed by atoms with Crippen LogP contribution in [0, 0.1) is 6.92 Å². The van der Waals surface area contributed by atoms with Crippen LogP contribution in [0.2, 0.25) is 0 Å². The number of amides is 1. The highest BCUT2D eigenvalue weighted by Crippen LogP contribution is 2.11. The van der Waals surface area contributed by atoms with Crippen molar-refractivity contribution in [2.45, 2.75) is 32.7 Å². The maximum absolute atomic E-state index is 11.9. The van der Waals surface area contributed by atoms with Crippen molar-refractivity contribution in [1.29, 1.82) is 0 Å². The van der Waals surface area contributed by atoms with E-state index in [-0.39, 0.29) is 12.5 Å². The Bertz CT molecular complexity index is 383. The number of aliphatic hydroxyl groups is 1. The summed E-state index contributed by atoms with van der Waals surface area (Å²) in [4.78, 5) is 11.9. The minimum atomic E-state index is -0.409. The summed E-state index contributed by atoms with van der Waals surface area (Å²) in [6.45, 7) is 5.67. The first kappa shape index (κ1) is 12.7. The summed E-state index contributed by atoms with van der Waals surface area (Å²) >= 11 is 0. The maximum Gasteiger partial charge on any atom is 0.255 e. The summed E-state index contributed by atoms with van der Waals surface area (Å²) < 4.78 is 1.66. The van der Waals surface area contributed by atoms with Crippen molar-refractivity contribution in [3.8, 4) is 0 Å². The second-order valence-electron chi connectivity index (χ2n) is 4.58.